The van der Waals surface area contributed by atoms with Gasteiger partial charge in [0.25, 0.3) is 5.91 Å². The molecule has 1 N–H and O–H groups in total. The molecule has 5 heterocycles. The summed E-state index contributed by atoms with van der Waals surface area (Å²) in [5.74, 6) is 0.709. The number of carbonyl (C=O) groups excluding carboxylic acids is 4. The number of benzene rings is 2. The van der Waals surface area contributed by atoms with Crippen LogP contribution < -0.4 is 15.0 Å². The van der Waals surface area contributed by atoms with Gasteiger partial charge < -0.3 is 9.64 Å². The molecule has 4 aliphatic rings. The van der Waals surface area contributed by atoms with Gasteiger partial charge in [0.1, 0.15) is 23.7 Å². The molecule has 1 aromatic heterocycles. The molecule has 7 rings (SSSR count). The Bertz CT molecular complexity index is 1590. The Morgan fingerprint density at radius 1 is 0.951 bits per heavy atom. The number of aromatic nitrogens is 1. The normalized spacial score (nSPS) is 23.0. The summed E-state index contributed by atoms with van der Waals surface area (Å²) in [5, 5.41) is 3.40. The minimum atomic E-state index is -0.623. The number of hydrogen-bond donors (Lipinski definition) is 1. The van der Waals surface area contributed by atoms with Crippen molar-refractivity contribution in [3.8, 4) is 5.75 Å². The summed E-state index contributed by atoms with van der Waals surface area (Å²) in [4.78, 5) is 59.3. The molecule has 0 aliphatic carbocycles. The highest BCUT2D eigenvalue weighted by atomic mass is 16.5. The minimum Gasteiger partial charge on any atom is -0.489 e. The Morgan fingerprint density at radius 3 is 2.68 bits per heavy atom. The first kappa shape index (κ1) is 25.6. The second kappa shape index (κ2) is 10.3. The maximum atomic E-state index is 13.0. The number of piperidine rings is 1. The van der Waals surface area contributed by atoms with Crippen LogP contribution in [0.15, 0.2) is 48.5 Å². The number of imide groups is 1. The van der Waals surface area contributed by atoms with E-state index in [2.05, 4.69) is 22.3 Å². The number of rotatable bonds is 6. The van der Waals surface area contributed by atoms with Crippen molar-refractivity contribution in [1.82, 2.24) is 20.1 Å². The van der Waals surface area contributed by atoms with E-state index in [0.717, 1.165) is 67.1 Å². The van der Waals surface area contributed by atoms with Crippen LogP contribution >= 0.6 is 0 Å². The molecule has 10 nitrogen and oxygen atoms in total. The van der Waals surface area contributed by atoms with Gasteiger partial charge in [-0.25, -0.2) is 4.98 Å². The van der Waals surface area contributed by atoms with Gasteiger partial charge in [-0.1, -0.05) is 6.07 Å². The third-order valence-electron chi connectivity index (χ3n) is 8.52. The molecular weight excluding hydrogens is 522 g/mol. The lowest BCUT2D eigenvalue weighted by molar-refractivity contribution is -0.137. The third-order valence-corrected chi connectivity index (χ3v) is 8.52. The Labute approximate surface area is 237 Å². The molecule has 3 fully saturated rings. The molecule has 10 heteroatoms. The van der Waals surface area contributed by atoms with E-state index in [4.69, 9.17) is 9.72 Å². The van der Waals surface area contributed by atoms with Crippen molar-refractivity contribution in [2.45, 2.75) is 57.3 Å². The van der Waals surface area contributed by atoms with E-state index in [9.17, 15) is 19.2 Å². The summed E-state index contributed by atoms with van der Waals surface area (Å²) >= 11 is 0. The van der Waals surface area contributed by atoms with E-state index in [1.807, 2.05) is 30.3 Å². The van der Waals surface area contributed by atoms with Crippen LogP contribution in [0, 0.1) is 0 Å². The number of fused-ring (bicyclic) bond motifs is 2. The highest BCUT2D eigenvalue weighted by molar-refractivity contribution is 6.05. The van der Waals surface area contributed by atoms with E-state index in [-0.39, 0.29) is 30.2 Å². The standard InChI is InChI=1S/C31H31N5O5/c37-28-10-8-26(30(39)33-28)36-17-21-15-22(5-6-24(21)31(36)40)41-23-11-13-34(18-23)16-19-3-7-25-20(14-19)4-9-27(32-25)35-12-1-2-29(35)38/h3-7,9,14-15,23,26H,1-2,8,10-13,16-18H2,(H,33,37,39). The van der Waals surface area contributed by atoms with Crippen LogP contribution in [0.3, 0.4) is 0 Å². The van der Waals surface area contributed by atoms with Crippen LogP contribution in [0.5, 0.6) is 5.75 Å². The van der Waals surface area contributed by atoms with Crippen molar-refractivity contribution in [2.24, 2.45) is 0 Å². The molecule has 2 atom stereocenters. The number of carbonyl (C=O) groups is 4. The molecule has 0 saturated carbocycles. The van der Waals surface area contributed by atoms with Crippen molar-refractivity contribution in [2.75, 3.05) is 24.5 Å². The SMILES string of the molecule is O=C1CCC(N2Cc3cc(OC4CCN(Cc5ccc6nc(N7CCCC7=O)ccc6c5)C4)ccc3C2=O)C(=O)N1. The Kier molecular flexibility index (Phi) is 6.42. The van der Waals surface area contributed by atoms with Crippen molar-refractivity contribution >= 4 is 40.3 Å². The zero-order chi connectivity index (χ0) is 28.1. The molecule has 4 aliphatic heterocycles. The van der Waals surface area contributed by atoms with E-state index >= 15 is 0 Å². The number of hydrogen-bond acceptors (Lipinski definition) is 7. The van der Waals surface area contributed by atoms with E-state index in [0.29, 0.717) is 24.9 Å². The van der Waals surface area contributed by atoms with Crippen LogP contribution in [0.25, 0.3) is 10.9 Å². The summed E-state index contributed by atoms with van der Waals surface area (Å²) in [7, 11) is 0. The summed E-state index contributed by atoms with van der Waals surface area (Å²) in [6, 6.07) is 15.2. The average Bonchev–Trinajstić information content (AvgIpc) is 3.67. The molecule has 2 aromatic carbocycles. The molecule has 2 unspecified atom stereocenters. The largest absolute Gasteiger partial charge is 0.489 e. The van der Waals surface area contributed by atoms with Crippen LogP contribution in [-0.2, 0) is 27.5 Å². The zero-order valence-electron chi connectivity index (χ0n) is 22.7. The summed E-state index contributed by atoms with van der Waals surface area (Å²) in [6.45, 7) is 3.59. The lowest BCUT2D eigenvalue weighted by Crippen LogP contribution is -2.52. The number of amides is 4. The average molecular weight is 554 g/mol. The fourth-order valence-corrected chi connectivity index (χ4v) is 6.42. The summed E-state index contributed by atoms with van der Waals surface area (Å²) < 4.78 is 6.32. The summed E-state index contributed by atoms with van der Waals surface area (Å²) in [5.41, 5.74) is 3.52. The van der Waals surface area contributed by atoms with Crippen molar-refractivity contribution in [3.05, 3.63) is 65.2 Å². The molecule has 0 spiro atoms. The first-order valence-electron chi connectivity index (χ1n) is 14.3. The maximum Gasteiger partial charge on any atom is 0.255 e. The smallest absolute Gasteiger partial charge is 0.255 e. The number of likely N-dealkylation sites (tertiary alicyclic amines) is 1. The van der Waals surface area contributed by atoms with Gasteiger partial charge in [-0.2, -0.15) is 0 Å². The number of anilines is 1. The quantitative estimate of drug-likeness (QED) is 0.467. The van der Waals surface area contributed by atoms with Crippen molar-refractivity contribution in [1.29, 1.82) is 0 Å². The van der Waals surface area contributed by atoms with Gasteiger partial charge in [0, 0.05) is 56.5 Å². The van der Waals surface area contributed by atoms with Gasteiger partial charge >= 0.3 is 0 Å². The predicted molar refractivity (Wildman–Crippen MR) is 150 cm³/mol. The third kappa shape index (κ3) is 4.93. The lowest BCUT2D eigenvalue weighted by Gasteiger charge is -2.29. The highest BCUT2D eigenvalue weighted by Crippen LogP contribution is 2.31. The van der Waals surface area contributed by atoms with Gasteiger partial charge in [-0.05, 0) is 72.9 Å². The first-order chi connectivity index (χ1) is 19.9. The van der Waals surface area contributed by atoms with Gasteiger partial charge in [0.2, 0.25) is 17.7 Å². The monoisotopic (exact) mass is 553 g/mol. The van der Waals surface area contributed by atoms with Crippen molar-refractivity contribution in [3.63, 3.8) is 0 Å². The van der Waals surface area contributed by atoms with E-state index in [1.54, 1.807) is 15.9 Å². The molecule has 3 saturated heterocycles. The highest BCUT2D eigenvalue weighted by Gasteiger charge is 2.39. The first-order valence-corrected chi connectivity index (χ1v) is 14.3. The second-order valence-electron chi connectivity index (χ2n) is 11.3. The molecule has 3 aromatic rings. The van der Waals surface area contributed by atoms with Crippen LogP contribution in [0.2, 0.25) is 0 Å². The van der Waals surface area contributed by atoms with Crippen LogP contribution in [-0.4, -0.2) is 70.2 Å². The van der Waals surface area contributed by atoms with Gasteiger partial charge in [0.05, 0.1) is 5.52 Å². The van der Waals surface area contributed by atoms with Crippen LogP contribution in [0.4, 0.5) is 5.82 Å². The Morgan fingerprint density at radius 2 is 1.85 bits per heavy atom. The molecule has 4 amide bonds. The van der Waals surface area contributed by atoms with Gasteiger partial charge in [-0.3, -0.25) is 34.3 Å². The number of ether oxygens (including phenoxy) is 1. The maximum absolute atomic E-state index is 13.0. The predicted octanol–water partition coefficient (Wildman–Crippen LogP) is 2.78. The minimum absolute atomic E-state index is 0.0408. The zero-order valence-corrected chi connectivity index (χ0v) is 22.7. The second-order valence-corrected chi connectivity index (χ2v) is 11.3. The molecular formula is C31H31N5O5. The van der Waals surface area contributed by atoms with Gasteiger partial charge in [-0.15, -0.1) is 0 Å². The fourth-order valence-electron chi connectivity index (χ4n) is 6.42. The molecule has 41 heavy (non-hydrogen) atoms. The van der Waals surface area contributed by atoms with Crippen LogP contribution in [0.1, 0.15) is 53.6 Å². The van der Waals surface area contributed by atoms with E-state index in [1.165, 1.54) is 5.56 Å². The molecule has 210 valence electrons. The van der Waals surface area contributed by atoms with Gasteiger partial charge in [0.15, 0.2) is 0 Å². The molecule has 0 bridgehead atoms. The number of pyridine rings is 1. The number of nitrogens with zero attached hydrogens (tertiary/aromatic N) is 4. The Balaban J connectivity index is 0.967. The molecule has 0 radical (unpaired) electrons. The van der Waals surface area contributed by atoms with E-state index < -0.39 is 11.9 Å². The lowest BCUT2D eigenvalue weighted by atomic mass is 10.0. The number of nitrogens with one attached hydrogen (secondary N) is 1. The summed E-state index contributed by atoms with van der Waals surface area (Å²) in [6.07, 6.45) is 3.00. The topological polar surface area (TPSA) is 112 Å². The Hall–Kier alpha value is -4.31. The fraction of sp³-hybridized carbons (Fsp3) is 0.387. The van der Waals surface area contributed by atoms with Crippen molar-refractivity contribution < 1.29 is 23.9 Å².